The Morgan fingerprint density at radius 2 is 1.81 bits per heavy atom. The molecule has 4 nitrogen and oxygen atoms in total. The molecule has 0 aliphatic carbocycles. The molecule has 0 saturated carbocycles. The number of benzene rings is 1. The lowest BCUT2D eigenvalue weighted by Gasteiger charge is -2.30. The number of nitrogens with one attached hydrogen (secondary N) is 1. The van der Waals surface area contributed by atoms with Gasteiger partial charge in [-0.1, -0.05) is 18.2 Å². The van der Waals surface area contributed by atoms with Crippen LogP contribution < -0.4 is 5.32 Å². The predicted octanol–water partition coefficient (Wildman–Crippen LogP) is 4.31. The van der Waals surface area contributed by atoms with Crippen molar-refractivity contribution >= 4 is 22.6 Å². The summed E-state index contributed by atoms with van der Waals surface area (Å²) >= 11 is 0. The number of hydrogen-bond acceptors (Lipinski definition) is 1. The molecule has 1 N–H and O–H groups in total. The first-order valence-corrected chi connectivity index (χ1v) is 7.62. The Hall–Kier alpha value is -1.97. The maximum absolute atomic E-state index is 12.5. The second-order valence-electron chi connectivity index (χ2n) is 5.87. The fourth-order valence-electron chi connectivity index (χ4n) is 2.85. The summed E-state index contributed by atoms with van der Waals surface area (Å²) in [6.45, 7) is 11.1. The zero-order chi connectivity index (χ0) is 15.6. The van der Waals surface area contributed by atoms with Gasteiger partial charge < -0.3 is 14.8 Å². The molecule has 0 fully saturated rings. The molecule has 2 amide bonds. The highest BCUT2D eigenvalue weighted by Gasteiger charge is 2.21. The van der Waals surface area contributed by atoms with Crippen molar-refractivity contribution in [2.75, 3.05) is 5.32 Å². The second-order valence-corrected chi connectivity index (χ2v) is 5.87. The third kappa shape index (κ3) is 3.04. The lowest BCUT2D eigenvalue weighted by atomic mass is 10.2. The zero-order valence-corrected chi connectivity index (χ0v) is 13.6. The van der Waals surface area contributed by atoms with E-state index in [1.807, 2.05) is 57.0 Å². The molecule has 4 heteroatoms. The van der Waals surface area contributed by atoms with Crippen molar-refractivity contribution in [1.82, 2.24) is 9.47 Å². The van der Waals surface area contributed by atoms with Gasteiger partial charge in [-0.05, 0) is 40.7 Å². The van der Waals surface area contributed by atoms with Gasteiger partial charge in [0, 0.05) is 30.2 Å². The van der Waals surface area contributed by atoms with Crippen LogP contribution in [0.4, 0.5) is 10.5 Å². The van der Waals surface area contributed by atoms with Crippen LogP contribution in [0.2, 0.25) is 0 Å². The molecule has 21 heavy (non-hydrogen) atoms. The summed E-state index contributed by atoms with van der Waals surface area (Å²) in [5.41, 5.74) is 2.03. The Morgan fingerprint density at radius 1 is 1.19 bits per heavy atom. The SMILES string of the molecule is CCn1cc(NC(=O)N(C(C)C)C(C)C)c2ccccc21. The molecule has 1 aromatic heterocycles. The summed E-state index contributed by atoms with van der Waals surface area (Å²) in [4.78, 5) is 14.4. The van der Waals surface area contributed by atoms with Gasteiger partial charge in [-0.15, -0.1) is 0 Å². The van der Waals surface area contributed by atoms with Crippen molar-refractivity contribution in [2.45, 2.75) is 53.2 Å². The van der Waals surface area contributed by atoms with Crippen molar-refractivity contribution in [1.29, 1.82) is 0 Å². The van der Waals surface area contributed by atoms with Crippen molar-refractivity contribution in [3.05, 3.63) is 30.5 Å². The van der Waals surface area contributed by atoms with E-state index >= 15 is 0 Å². The summed E-state index contributed by atoms with van der Waals surface area (Å²) in [5.74, 6) is 0. The predicted molar refractivity (Wildman–Crippen MR) is 88.7 cm³/mol. The Bertz CT molecular complexity index is 620. The van der Waals surface area contributed by atoms with Crippen molar-refractivity contribution < 1.29 is 4.79 Å². The number of aromatic nitrogens is 1. The normalized spacial score (nSPS) is 11.4. The van der Waals surface area contributed by atoms with Crippen LogP contribution in [0, 0.1) is 0 Å². The standard InChI is InChI=1S/C17H25N3O/c1-6-19-11-15(14-9-7-8-10-16(14)19)18-17(21)20(12(2)3)13(4)5/h7-13H,6H2,1-5H3,(H,18,21). The highest BCUT2D eigenvalue weighted by Crippen LogP contribution is 2.26. The van der Waals surface area contributed by atoms with Crippen molar-refractivity contribution in [3.63, 3.8) is 0 Å². The van der Waals surface area contributed by atoms with Crippen LogP contribution in [-0.4, -0.2) is 27.6 Å². The average molecular weight is 287 g/mol. The smallest absolute Gasteiger partial charge is 0.322 e. The van der Waals surface area contributed by atoms with Gasteiger partial charge in [-0.2, -0.15) is 0 Å². The van der Waals surface area contributed by atoms with Crippen LogP contribution in [0.5, 0.6) is 0 Å². The lowest BCUT2D eigenvalue weighted by Crippen LogP contribution is -2.44. The van der Waals surface area contributed by atoms with Crippen LogP contribution in [0.3, 0.4) is 0 Å². The number of carbonyl (C=O) groups excluding carboxylic acids is 1. The molecule has 0 saturated heterocycles. The van der Waals surface area contributed by atoms with E-state index in [9.17, 15) is 4.79 Å². The average Bonchev–Trinajstić information content (AvgIpc) is 2.76. The van der Waals surface area contributed by atoms with Crippen LogP contribution in [0.15, 0.2) is 30.5 Å². The Labute approximate surface area is 126 Å². The van der Waals surface area contributed by atoms with Gasteiger partial charge in [-0.3, -0.25) is 0 Å². The number of rotatable bonds is 4. The zero-order valence-electron chi connectivity index (χ0n) is 13.6. The summed E-state index contributed by atoms with van der Waals surface area (Å²) in [6, 6.07) is 8.45. The number of anilines is 1. The van der Waals surface area contributed by atoms with Crippen LogP contribution in [0.25, 0.3) is 10.9 Å². The summed E-state index contributed by atoms with van der Waals surface area (Å²) in [7, 11) is 0. The van der Waals surface area contributed by atoms with Crippen LogP contribution >= 0.6 is 0 Å². The van der Waals surface area contributed by atoms with Crippen molar-refractivity contribution in [3.8, 4) is 0 Å². The molecule has 114 valence electrons. The maximum Gasteiger partial charge on any atom is 0.322 e. The molecule has 0 aliphatic rings. The van der Waals surface area contributed by atoms with E-state index in [0.29, 0.717) is 0 Å². The fourth-order valence-corrected chi connectivity index (χ4v) is 2.85. The first-order valence-electron chi connectivity index (χ1n) is 7.62. The number of urea groups is 1. The van der Waals surface area contributed by atoms with Gasteiger partial charge in [0.25, 0.3) is 0 Å². The maximum atomic E-state index is 12.5. The minimum absolute atomic E-state index is 0.0426. The summed E-state index contributed by atoms with van der Waals surface area (Å²) in [5, 5.41) is 4.15. The monoisotopic (exact) mass is 287 g/mol. The quantitative estimate of drug-likeness (QED) is 0.893. The number of hydrogen-bond donors (Lipinski definition) is 1. The molecule has 1 heterocycles. The number of para-hydroxylation sites is 1. The Morgan fingerprint density at radius 3 is 2.38 bits per heavy atom. The van der Waals surface area contributed by atoms with E-state index in [2.05, 4.69) is 22.9 Å². The molecule has 2 rings (SSSR count). The van der Waals surface area contributed by atoms with E-state index in [1.54, 1.807) is 0 Å². The van der Waals surface area contributed by atoms with Gasteiger partial charge in [-0.25, -0.2) is 4.79 Å². The molecule has 2 aromatic rings. The molecule has 0 spiro atoms. The van der Waals surface area contributed by atoms with Gasteiger partial charge in [0.2, 0.25) is 0 Å². The van der Waals surface area contributed by atoms with Crippen LogP contribution in [0.1, 0.15) is 34.6 Å². The molecule has 0 bridgehead atoms. The Kier molecular flexibility index (Phi) is 4.56. The first kappa shape index (κ1) is 15.4. The molecule has 1 aromatic carbocycles. The third-order valence-corrected chi connectivity index (χ3v) is 3.72. The summed E-state index contributed by atoms with van der Waals surface area (Å²) in [6.07, 6.45) is 2.02. The molecular formula is C17H25N3O. The molecule has 0 radical (unpaired) electrons. The van der Waals surface area contributed by atoms with Crippen LogP contribution in [-0.2, 0) is 6.54 Å². The van der Waals surface area contributed by atoms with Crippen molar-refractivity contribution in [2.24, 2.45) is 0 Å². The Balaban J connectivity index is 2.33. The highest BCUT2D eigenvalue weighted by molar-refractivity contribution is 6.01. The van der Waals surface area contributed by atoms with Gasteiger partial charge >= 0.3 is 6.03 Å². The topological polar surface area (TPSA) is 37.3 Å². The first-order chi connectivity index (χ1) is 9.95. The lowest BCUT2D eigenvalue weighted by molar-refractivity contribution is 0.178. The second kappa shape index (κ2) is 6.20. The molecular weight excluding hydrogens is 262 g/mol. The minimum atomic E-state index is -0.0426. The van der Waals surface area contributed by atoms with Gasteiger partial charge in [0.05, 0.1) is 11.2 Å². The minimum Gasteiger partial charge on any atom is -0.346 e. The third-order valence-electron chi connectivity index (χ3n) is 3.72. The van der Waals surface area contributed by atoms with E-state index in [4.69, 9.17) is 0 Å². The van der Waals surface area contributed by atoms with E-state index in [-0.39, 0.29) is 18.1 Å². The summed E-state index contributed by atoms with van der Waals surface area (Å²) < 4.78 is 2.15. The molecule has 0 atom stereocenters. The number of aryl methyl sites for hydroxylation is 1. The molecule has 0 aliphatic heterocycles. The number of fused-ring (bicyclic) bond motifs is 1. The highest BCUT2D eigenvalue weighted by atomic mass is 16.2. The van der Waals surface area contributed by atoms with E-state index < -0.39 is 0 Å². The number of carbonyl (C=O) groups is 1. The number of nitrogens with zero attached hydrogens (tertiary/aromatic N) is 2. The van der Waals surface area contributed by atoms with Gasteiger partial charge in [0.15, 0.2) is 0 Å². The number of amides is 2. The van der Waals surface area contributed by atoms with Gasteiger partial charge in [0.1, 0.15) is 0 Å². The molecule has 0 unspecified atom stereocenters. The van der Waals surface area contributed by atoms with E-state index in [1.165, 1.54) is 0 Å². The fraction of sp³-hybridized carbons (Fsp3) is 0.471. The van der Waals surface area contributed by atoms with E-state index in [0.717, 1.165) is 23.1 Å². The largest absolute Gasteiger partial charge is 0.346 e.